The largest absolute Gasteiger partial charge is 0.494 e. The third kappa shape index (κ3) is 4.37. The van der Waals surface area contributed by atoms with Crippen LogP contribution in [0.5, 0.6) is 0 Å². The molecule has 3 heterocycles. The van der Waals surface area contributed by atoms with Gasteiger partial charge in [-0.2, -0.15) is 13.2 Å². The number of hydrogen-bond donors (Lipinski definition) is 2. The Bertz CT molecular complexity index is 1060. The summed E-state index contributed by atoms with van der Waals surface area (Å²) in [5.41, 5.74) is -1.99. The van der Waals surface area contributed by atoms with Crippen LogP contribution in [0.15, 0.2) is 12.1 Å². The predicted octanol–water partition coefficient (Wildman–Crippen LogP) is 3.00. The Hall–Kier alpha value is -2.31. The van der Waals surface area contributed by atoms with Crippen molar-refractivity contribution in [3.05, 3.63) is 28.8 Å². The van der Waals surface area contributed by atoms with E-state index in [0.29, 0.717) is 42.9 Å². The van der Waals surface area contributed by atoms with E-state index < -0.39 is 48.1 Å². The molecule has 0 spiro atoms. The molecule has 3 aliphatic heterocycles. The minimum atomic E-state index is -5.13. The van der Waals surface area contributed by atoms with Crippen molar-refractivity contribution in [2.45, 2.75) is 89.4 Å². The van der Waals surface area contributed by atoms with Crippen molar-refractivity contribution in [1.29, 1.82) is 0 Å². The third-order valence-electron chi connectivity index (χ3n) is 8.04. The lowest BCUT2D eigenvalue weighted by molar-refractivity contribution is -0.250. The zero-order valence-electron chi connectivity index (χ0n) is 21.1. The number of amides is 2. The fourth-order valence-corrected chi connectivity index (χ4v) is 5.06. The van der Waals surface area contributed by atoms with Gasteiger partial charge >= 0.3 is 19.4 Å². The van der Waals surface area contributed by atoms with Gasteiger partial charge in [0.25, 0.3) is 5.91 Å². The molecule has 0 saturated carbocycles. The van der Waals surface area contributed by atoms with Crippen molar-refractivity contribution in [3.63, 3.8) is 0 Å². The van der Waals surface area contributed by atoms with Crippen LogP contribution in [0, 0.1) is 0 Å². The van der Waals surface area contributed by atoms with E-state index in [-0.39, 0.29) is 19.5 Å². The van der Waals surface area contributed by atoms with Crippen LogP contribution in [0.25, 0.3) is 0 Å². The molecule has 3 aliphatic rings. The number of hydrogen-bond acceptors (Lipinski definition) is 5. The van der Waals surface area contributed by atoms with Crippen LogP contribution < -0.4 is 5.46 Å². The molecule has 1 aromatic carbocycles. The summed E-state index contributed by atoms with van der Waals surface area (Å²) < 4.78 is 52.5. The molecule has 2 atom stereocenters. The van der Waals surface area contributed by atoms with Crippen LogP contribution in [-0.4, -0.2) is 75.2 Å². The minimum Gasteiger partial charge on any atom is -0.465 e. The maximum absolute atomic E-state index is 13.4. The lowest BCUT2D eigenvalue weighted by Gasteiger charge is -2.37. The van der Waals surface area contributed by atoms with Gasteiger partial charge in [0.05, 0.1) is 17.2 Å². The SMILES string of the molecule is CC1(C)OB(c2cc3c(c(C4CCCN4C(=O)O)c2)CN(C(=O)C(C)(O)C(F)(F)F)CC3)OC1(C)C. The van der Waals surface area contributed by atoms with Gasteiger partial charge in [0, 0.05) is 19.6 Å². The van der Waals surface area contributed by atoms with Crippen molar-refractivity contribution in [2.24, 2.45) is 0 Å². The number of carboxylic acid groups (broad SMARTS) is 1. The van der Waals surface area contributed by atoms with Gasteiger partial charge in [-0.3, -0.25) is 4.79 Å². The highest BCUT2D eigenvalue weighted by Crippen LogP contribution is 2.40. The van der Waals surface area contributed by atoms with Gasteiger partial charge in [-0.15, -0.1) is 0 Å². The molecule has 0 aliphatic carbocycles. The van der Waals surface area contributed by atoms with Gasteiger partial charge < -0.3 is 29.3 Å². The lowest BCUT2D eigenvalue weighted by Crippen LogP contribution is -2.57. The summed E-state index contributed by atoms with van der Waals surface area (Å²) in [6, 6.07) is 3.14. The van der Waals surface area contributed by atoms with Gasteiger partial charge in [-0.25, -0.2) is 4.79 Å². The highest BCUT2D eigenvalue weighted by Gasteiger charge is 2.57. The third-order valence-corrected chi connectivity index (χ3v) is 8.04. The maximum Gasteiger partial charge on any atom is 0.494 e. The Morgan fingerprint density at radius 3 is 2.28 bits per heavy atom. The number of carbonyl (C=O) groups is 2. The lowest BCUT2D eigenvalue weighted by atomic mass is 9.74. The zero-order valence-corrected chi connectivity index (χ0v) is 21.1. The van der Waals surface area contributed by atoms with Gasteiger partial charge in [-0.1, -0.05) is 12.1 Å². The number of alkyl halides is 3. The second-order valence-corrected chi connectivity index (χ2v) is 11.0. The van der Waals surface area contributed by atoms with E-state index in [0.717, 1.165) is 10.5 Å². The molecule has 4 rings (SSSR count). The molecule has 2 fully saturated rings. The standard InChI is InChI=1S/C24H32BF3N2O6/c1-21(2)22(3,4)36-25(35-21)15-11-14-8-10-29(19(31)23(5,34)24(26,27)28)13-17(14)16(12-15)18-7-6-9-30(18)20(32)33/h11-12,18,34H,6-10,13H2,1-5H3,(H,32,33). The molecule has 1 aromatic rings. The molecule has 2 N–H and O–H groups in total. The molecular weight excluding hydrogens is 480 g/mol. The van der Waals surface area contributed by atoms with Crippen molar-refractivity contribution >= 4 is 24.6 Å². The molecule has 0 aromatic heterocycles. The van der Waals surface area contributed by atoms with Crippen LogP contribution in [0.3, 0.4) is 0 Å². The van der Waals surface area contributed by atoms with Crippen LogP contribution in [0.1, 0.15) is 70.2 Å². The number of fused-ring (bicyclic) bond motifs is 1. The van der Waals surface area contributed by atoms with E-state index in [1.54, 1.807) is 6.07 Å². The van der Waals surface area contributed by atoms with Crippen molar-refractivity contribution in [2.75, 3.05) is 13.1 Å². The van der Waals surface area contributed by atoms with Crippen molar-refractivity contribution in [1.82, 2.24) is 9.80 Å². The first-order chi connectivity index (χ1) is 16.5. The molecule has 0 bridgehead atoms. The predicted molar refractivity (Wildman–Crippen MR) is 125 cm³/mol. The first-order valence-electron chi connectivity index (χ1n) is 12.1. The Morgan fingerprint density at radius 1 is 1.11 bits per heavy atom. The van der Waals surface area contributed by atoms with Crippen LogP contribution in [-0.2, 0) is 27.1 Å². The molecule has 36 heavy (non-hydrogen) atoms. The van der Waals surface area contributed by atoms with Crippen LogP contribution in [0.4, 0.5) is 18.0 Å². The van der Waals surface area contributed by atoms with E-state index >= 15 is 0 Å². The average Bonchev–Trinajstić information content (AvgIpc) is 3.33. The number of carbonyl (C=O) groups excluding carboxylic acids is 1. The molecule has 0 radical (unpaired) electrons. The molecule has 2 saturated heterocycles. The first kappa shape index (κ1) is 26.7. The first-order valence-corrected chi connectivity index (χ1v) is 12.1. The summed E-state index contributed by atoms with van der Waals surface area (Å²) in [5.74, 6) is -1.43. The Morgan fingerprint density at radius 2 is 1.72 bits per heavy atom. The smallest absolute Gasteiger partial charge is 0.465 e. The number of likely N-dealkylation sites (tertiary alicyclic amines) is 1. The Kier molecular flexibility index (Phi) is 6.41. The fourth-order valence-electron chi connectivity index (χ4n) is 5.06. The van der Waals surface area contributed by atoms with Gasteiger partial charge in [-0.05, 0) is 76.0 Å². The number of nitrogens with zero attached hydrogens (tertiary/aromatic N) is 2. The van der Waals surface area contributed by atoms with E-state index in [2.05, 4.69) is 0 Å². The summed E-state index contributed by atoms with van der Waals surface area (Å²) in [4.78, 5) is 27.0. The van der Waals surface area contributed by atoms with E-state index in [4.69, 9.17) is 9.31 Å². The maximum atomic E-state index is 13.4. The second-order valence-electron chi connectivity index (χ2n) is 11.0. The fraction of sp³-hybridized carbons (Fsp3) is 0.667. The van der Waals surface area contributed by atoms with Crippen LogP contribution in [0.2, 0.25) is 0 Å². The second kappa shape index (κ2) is 8.63. The van der Waals surface area contributed by atoms with Gasteiger partial charge in [0.2, 0.25) is 5.60 Å². The van der Waals surface area contributed by atoms with Crippen LogP contribution >= 0.6 is 0 Å². The number of aliphatic hydroxyl groups is 1. The molecular formula is C24H32BF3N2O6. The van der Waals surface area contributed by atoms with Crippen molar-refractivity contribution < 1.29 is 42.3 Å². The van der Waals surface area contributed by atoms with E-state index in [9.17, 15) is 33.0 Å². The zero-order chi connectivity index (χ0) is 26.8. The molecule has 2 amide bonds. The average molecular weight is 512 g/mol. The normalized spacial score (nSPS) is 25.0. The monoisotopic (exact) mass is 512 g/mol. The number of benzene rings is 1. The summed E-state index contributed by atoms with van der Waals surface area (Å²) >= 11 is 0. The van der Waals surface area contributed by atoms with Crippen molar-refractivity contribution in [3.8, 4) is 0 Å². The molecule has 2 unspecified atom stereocenters. The number of rotatable bonds is 3. The Labute approximate surface area is 208 Å². The van der Waals surface area contributed by atoms with E-state index in [1.807, 2.05) is 33.8 Å². The number of halogens is 3. The quantitative estimate of drug-likeness (QED) is 0.605. The van der Waals surface area contributed by atoms with E-state index in [1.165, 1.54) is 4.90 Å². The molecule has 198 valence electrons. The summed E-state index contributed by atoms with van der Waals surface area (Å²) in [5, 5.41) is 19.7. The van der Waals surface area contributed by atoms with Gasteiger partial charge in [0.1, 0.15) is 0 Å². The summed E-state index contributed by atoms with van der Waals surface area (Å²) in [7, 11) is -0.704. The molecule has 12 heteroatoms. The molecule has 8 nitrogen and oxygen atoms in total. The Balaban J connectivity index is 1.76. The highest BCUT2D eigenvalue weighted by molar-refractivity contribution is 6.62. The summed E-state index contributed by atoms with van der Waals surface area (Å²) in [6.07, 6.45) is -4.79. The highest BCUT2D eigenvalue weighted by atomic mass is 19.4. The van der Waals surface area contributed by atoms with Gasteiger partial charge in [0.15, 0.2) is 0 Å². The summed E-state index contributed by atoms with van der Waals surface area (Å²) in [6.45, 7) is 8.30. The topological polar surface area (TPSA) is 99.5 Å². The minimum absolute atomic E-state index is 0.0162.